The Hall–Kier alpha value is -2.18. The van der Waals surface area contributed by atoms with Gasteiger partial charge >= 0.3 is 11.7 Å². The normalized spacial score (nSPS) is 14.0. The maximum Gasteiger partial charge on any atom is 0.345 e. The fourth-order valence-corrected chi connectivity index (χ4v) is 2.31. The molecule has 0 atom stereocenters. The van der Waals surface area contributed by atoms with Gasteiger partial charge in [0.05, 0.1) is 6.42 Å². The van der Waals surface area contributed by atoms with E-state index in [4.69, 9.17) is 5.11 Å². The molecule has 1 heterocycles. The number of aromatic nitrogens is 2. The molecule has 21 heavy (non-hydrogen) atoms. The van der Waals surface area contributed by atoms with E-state index in [0.717, 1.165) is 12.8 Å². The van der Waals surface area contributed by atoms with Crippen LogP contribution in [0.5, 0.6) is 0 Å². The molecule has 0 bridgehead atoms. The summed E-state index contributed by atoms with van der Waals surface area (Å²) in [5, 5.41) is 8.92. The minimum atomic E-state index is -1.02. The summed E-state index contributed by atoms with van der Waals surface area (Å²) < 4.78 is 0. The van der Waals surface area contributed by atoms with Gasteiger partial charge in [-0.15, -0.1) is 0 Å². The van der Waals surface area contributed by atoms with E-state index >= 15 is 0 Å². The molecule has 1 aromatic rings. The fraction of sp³-hybridized carbons (Fsp3) is 0.571. The van der Waals surface area contributed by atoms with Crippen molar-refractivity contribution in [1.29, 1.82) is 0 Å². The fourth-order valence-electron chi connectivity index (χ4n) is 2.31. The topological polar surface area (TPSA) is 103 Å². The molecular formula is C14H19N3O4. The number of nitrogens with zero attached hydrogens (tertiary/aromatic N) is 2. The van der Waals surface area contributed by atoms with Crippen LogP contribution in [0.1, 0.15) is 29.8 Å². The van der Waals surface area contributed by atoms with E-state index in [0.29, 0.717) is 29.4 Å². The van der Waals surface area contributed by atoms with E-state index in [1.54, 1.807) is 13.8 Å². The molecule has 0 aliphatic heterocycles. The second kappa shape index (κ2) is 6.07. The molecule has 1 saturated carbocycles. The lowest BCUT2D eigenvalue weighted by Gasteiger charge is -2.21. The Morgan fingerprint density at radius 2 is 2.05 bits per heavy atom. The van der Waals surface area contributed by atoms with Crippen LogP contribution in [0.2, 0.25) is 0 Å². The van der Waals surface area contributed by atoms with Crippen LogP contribution >= 0.6 is 0 Å². The summed E-state index contributed by atoms with van der Waals surface area (Å²) in [5.41, 5.74) is 1.32. The quantitative estimate of drug-likeness (QED) is 0.782. The van der Waals surface area contributed by atoms with Crippen molar-refractivity contribution in [3.05, 3.63) is 27.4 Å². The number of amides is 1. The number of aryl methyl sites for hydroxylation is 2. The van der Waals surface area contributed by atoms with E-state index in [1.165, 1.54) is 4.90 Å². The number of nitrogens with one attached hydrogen (secondary N) is 1. The number of carboxylic acid groups (broad SMARTS) is 1. The van der Waals surface area contributed by atoms with Crippen molar-refractivity contribution in [1.82, 2.24) is 14.9 Å². The lowest BCUT2D eigenvalue weighted by atomic mass is 10.1. The highest BCUT2D eigenvalue weighted by Crippen LogP contribution is 2.29. The Bertz CT molecular complexity index is 593. The van der Waals surface area contributed by atoms with Gasteiger partial charge in [0.1, 0.15) is 6.54 Å². The SMILES string of the molecule is Cc1nc(=O)[nH]c(C)c1CC(=O)N(CC(=O)O)CC1CC1. The second-order valence-electron chi connectivity index (χ2n) is 5.52. The number of H-pyrrole nitrogens is 1. The average Bonchev–Trinajstić information content (AvgIpc) is 3.16. The van der Waals surface area contributed by atoms with Gasteiger partial charge in [-0.05, 0) is 32.6 Å². The predicted molar refractivity (Wildman–Crippen MR) is 75.0 cm³/mol. The van der Waals surface area contributed by atoms with Crippen molar-refractivity contribution in [3.63, 3.8) is 0 Å². The van der Waals surface area contributed by atoms with Crippen molar-refractivity contribution >= 4 is 11.9 Å². The molecule has 1 fully saturated rings. The first-order chi connectivity index (χ1) is 9.86. The van der Waals surface area contributed by atoms with Crippen LogP contribution in [0.3, 0.4) is 0 Å². The number of hydrogen-bond donors (Lipinski definition) is 2. The highest BCUT2D eigenvalue weighted by atomic mass is 16.4. The van der Waals surface area contributed by atoms with Crippen molar-refractivity contribution in [2.24, 2.45) is 5.92 Å². The Labute approximate surface area is 122 Å². The molecule has 1 aliphatic carbocycles. The smallest absolute Gasteiger partial charge is 0.345 e. The van der Waals surface area contributed by atoms with Gasteiger partial charge in [0, 0.05) is 23.5 Å². The Balaban J connectivity index is 2.13. The highest BCUT2D eigenvalue weighted by Gasteiger charge is 2.28. The van der Waals surface area contributed by atoms with Gasteiger partial charge in [-0.25, -0.2) is 4.79 Å². The zero-order valence-corrected chi connectivity index (χ0v) is 12.2. The van der Waals surface area contributed by atoms with Crippen LogP contribution in [0.25, 0.3) is 0 Å². The third-order valence-corrected chi connectivity index (χ3v) is 3.64. The van der Waals surface area contributed by atoms with E-state index in [1.807, 2.05) is 0 Å². The lowest BCUT2D eigenvalue weighted by Crippen LogP contribution is -2.38. The summed E-state index contributed by atoms with van der Waals surface area (Å²) in [5.74, 6) is -0.842. The first-order valence-corrected chi connectivity index (χ1v) is 6.92. The van der Waals surface area contributed by atoms with Crippen LogP contribution in [0, 0.1) is 19.8 Å². The van der Waals surface area contributed by atoms with E-state index < -0.39 is 11.7 Å². The van der Waals surface area contributed by atoms with Gasteiger partial charge in [-0.2, -0.15) is 4.98 Å². The number of hydrogen-bond acceptors (Lipinski definition) is 4. The highest BCUT2D eigenvalue weighted by molar-refractivity contribution is 5.83. The summed E-state index contributed by atoms with van der Waals surface area (Å²) in [6, 6.07) is 0. The van der Waals surface area contributed by atoms with Crippen LogP contribution in [-0.4, -0.2) is 44.9 Å². The molecule has 1 aromatic heterocycles. The van der Waals surface area contributed by atoms with Crippen LogP contribution < -0.4 is 5.69 Å². The maximum absolute atomic E-state index is 12.3. The number of carbonyl (C=O) groups excluding carboxylic acids is 1. The number of rotatable bonds is 6. The van der Waals surface area contributed by atoms with Gasteiger partial charge in [0.25, 0.3) is 0 Å². The van der Waals surface area contributed by atoms with Gasteiger partial charge < -0.3 is 15.0 Å². The minimum Gasteiger partial charge on any atom is -0.480 e. The van der Waals surface area contributed by atoms with E-state index in [-0.39, 0.29) is 18.9 Å². The van der Waals surface area contributed by atoms with E-state index in [9.17, 15) is 14.4 Å². The molecule has 114 valence electrons. The maximum atomic E-state index is 12.3. The molecular weight excluding hydrogens is 274 g/mol. The summed E-state index contributed by atoms with van der Waals surface area (Å²) in [6.07, 6.45) is 2.14. The predicted octanol–water partition coefficient (Wildman–Crippen LogP) is 0.252. The molecule has 0 radical (unpaired) electrons. The Morgan fingerprint density at radius 3 is 2.57 bits per heavy atom. The van der Waals surface area contributed by atoms with Crippen LogP contribution in [0.15, 0.2) is 4.79 Å². The first-order valence-electron chi connectivity index (χ1n) is 6.92. The van der Waals surface area contributed by atoms with Crippen molar-refractivity contribution in [2.75, 3.05) is 13.1 Å². The summed E-state index contributed by atoms with van der Waals surface area (Å²) in [6.45, 7) is 3.58. The molecule has 7 nitrogen and oxygen atoms in total. The molecule has 2 rings (SSSR count). The molecule has 0 spiro atoms. The average molecular weight is 293 g/mol. The van der Waals surface area contributed by atoms with Gasteiger partial charge in [-0.1, -0.05) is 0 Å². The zero-order chi connectivity index (χ0) is 15.6. The van der Waals surface area contributed by atoms with Gasteiger partial charge in [0.2, 0.25) is 5.91 Å². The largest absolute Gasteiger partial charge is 0.480 e. The Kier molecular flexibility index (Phi) is 4.40. The number of carbonyl (C=O) groups is 2. The number of carboxylic acids is 1. The summed E-state index contributed by atoms with van der Waals surface area (Å²) in [4.78, 5) is 42.2. The first kappa shape index (κ1) is 15.2. The standard InChI is InChI=1S/C14H19N3O4/c1-8-11(9(2)16-14(21)15-8)5-12(18)17(7-13(19)20)6-10-3-4-10/h10H,3-7H2,1-2H3,(H,19,20)(H,15,16,21). The third kappa shape index (κ3) is 4.14. The lowest BCUT2D eigenvalue weighted by molar-refractivity contribution is -0.144. The van der Waals surface area contributed by atoms with Crippen LogP contribution in [-0.2, 0) is 16.0 Å². The third-order valence-electron chi connectivity index (χ3n) is 3.64. The minimum absolute atomic E-state index is 0.0570. The summed E-state index contributed by atoms with van der Waals surface area (Å²) >= 11 is 0. The van der Waals surface area contributed by atoms with Gasteiger partial charge in [-0.3, -0.25) is 9.59 Å². The molecule has 2 N–H and O–H groups in total. The van der Waals surface area contributed by atoms with Crippen molar-refractivity contribution < 1.29 is 14.7 Å². The molecule has 0 unspecified atom stereocenters. The Morgan fingerprint density at radius 1 is 1.38 bits per heavy atom. The second-order valence-corrected chi connectivity index (χ2v) is 5.52. The number of aromatic amines is 1. The van der Waals surface area contributed by atoms with Crippen molar-refractivity contribution in [2.45, 2.75) is 33.1 Å². The van der Waals surface area contributed by atoms with Gasteiger partial charge in [0.15, 0.2) is 0 Å². The molecule has 7 heteroatoms. The number of aliphatic carboxylic acids is 1. The van der Waals surface area contributed by atoms with E-state index in [2.05, 4.69) is 9.97 Å². The molecule has 0 aromatic carbocycles. The van der Waals surface area contributed by atoms with Crippen molar-refractivity contribution in [3.8, 4) is 0 Å². The zero-order valence-electron chi connectivity index (χ0n) is 12.2. The molecule has 1 amide bonds. The summed E-state index contributed by atoms with van der Waals surface area (Å²) in [7, 11) is 0. The molecule has 0 saturated heterocycles. The monoisotopic (exact) mass is 293 g/mol. The molecule has 1 aliphatic rings. The van der Waals surface area contributed by atoms with Crippen LogP contribution in [0.4, 0.5) is 0 Å².